The Hall–Kier alpha value is -2.90. The molecule has 158 valence electrons. The minimum Gasteiger partial charge on any atom is -0.497 e. The van der Waals surface area contributed by atoms with Gasteiger partial charge in [-0.3, -0.25) is 10.2 Å². The van der Waals surface area contributed by atoms with Crippen LogP contribution in [0, 0.1) is 14.9 Å². The zero-order valence-electron chi connectivity index (χ0n) is 17.1. The van der Waals surface area contributed by atoms with Crippen LogP contribution in [-0.4, -0.2) is 40.9 Å². The number of para-hydroxylation sites is 1. The van der Waals surface area contributed by atoms with E-state index in [9.17, 15) is 10.1 Å². The van der Waals surface area contributed by atoms with E-state index in [-0.39, 0.29) is 17.2 Å². The van der Waals surface area contributed by atoms with E-state index < -0.39 is 0 Å². The summed E-state index contributed by atoms with van der Waals surface area (Å²) in [6.45, 7) is 1.60. The van der Waals surface area contributed by atoms with Gasteiger partial charge in [0.15, 0.2) is 5.69 Å². The third-order valence-electron chi connectivity index (χ3n) is 5.27. The first-order valence-electron chi connectivity index (χ1n) is 10.1. The highest BCUT2D eigenvalue weighted by molar-refractivity contribution is 14.1. The van der Waals surface area contributed by atoms with Crippen molar-refractivity contribution in [2.24, 2.45) is 0 Å². The topological polar surface area (TPSA) is 83.2 Å². The highest BCUT2D eigenvalue weighted by Gasteiger charge is 2.27. The highest BCUT2D eigenvalue weighted by atomic mass is 125. The molecule has 2 aromatic carbocycles. The quantitative estimate of drug-likeness (QED) is 0.507. The number of rotatable bonds is 5. The second kappa shape index (κ2) is 9.49. The number of hydrogen-bond donors (Lipinski definition) is 1. The first kappa shape index (κ1) is 21.3. The summed E-state index contributed by atoms with van der Waals surface area (Å²) in [4.78, 5) is 13.1. The number of aromatic nitrogens is 2. The molecule has 1 saturated heterocycles. The van der Waals surface area contributed by atoms with Gasteiger partial charge in [0.2, 0.25) is 0 Å². The van der Waals surface area contributed by atoms with Gasteiger partial charge in [0.25, 0.3) is 5.91 Å². The van der Waals surface area contributed by atoms with Crippen LogP contribution >= 0.6 is 22.6 Å². The summed E-state index contributed by atoms with van der Waals surface area (Å²) in [7, 11) is 1.61. The summed E-state index contributed by atoms with van der Waals surface area (Å²) in [6.07, 6.45) is 3.25. The molecule has 4 rings (SSSR count). The van der Waals surface area contributed by atoms with E-state index in [0.717, 1.165) is 40.8 Å². The van der Waals surface area contributed by atoms with Gasteiger partial charge in [-0.2, -0.15) is 10.4 Å². The van der Waals surface area contributed by atoms with Crippen molar-refractivity contribution in [1.82, 2.24) is 20.2 Å². The Kier molecular flexibility index (Phi) is 6.53. The Bertz CT molecular complexity index is 1130. The standard InChI is InChI=1S/C23H22IN5O2/c1-31-17-11-9-16(10-12-17)22-18(15-25)21(23(30)27-28-13-5-2-6-14-28)26-29(22)20-8-4-3-7-19(20)24/h3-4,7-12H,2,5-6,13-14H2,1H3,(H,27,30)/i24-2. The number of piperidine rings is 1. The summed E-state index contributed by atoms with van der Waals surface area (Å²) < 4.78 is 7.92. The minimum atomic E-state index is -0.363. The molecule has 7 nitrogen and oxygen atoms in total. The first-order chi connectivity index (χ1) is 15.1. The van der Waals surface area contributed by atoms with E-state index in [0.29, 0.717) is 11.4 Å². The summed E-state index contributed by atoms with van der Waals surface area (Å²) in [5.41, 5.74) is 5.47. The van der Waals surface area contributed by atoms with E-state index in [1.165, 1.54) is 6.42 Å². The lowest BCUT2D eigenvalue weighted by Crippen LogP contribution is -2.45. The lowest BCUT2D eigenvalue weighted by atomic mass is 10.1. The molecule has 0 aliphatic carbocycles. The molecule has 0 bridgehead atoms. The van der Waals surface area contributed by atoms with Crippen molar-refractivity contribution in [3.05, 3.63) is 63.4 Å². The maximum absolute atomic E-state index is 13.1. The molecule has 8 heteroatoms. The van der Waals surface area contributed by atoms with Crippen LogP contribution in [0.15, 0.2) is 48.5 Å². The van der Waals surface area contributed by atoms with Crippen molar-refractivity contribution >= 4 is 28.5 Å². The van der Waals surface area contributed by atoms with Crippen molar-refractivity contribution in [2.75, 3.05) is 20.2 Å². The fourth-order valence-electron chi connectivity index (χ4n) is 3.70. The Morgan fingerprint density at radius 1 is 1.13 bits per heavy atom. The van der Waals surface area contributed by atoms with Gasteiger partial charge < -0.3 is 4.74 Å². The van der Waals surface area contributed by atoms with Crippen LogP contribution in [0.2, 0.25) is 0 Å². The van der Waals surface area contributed by atoms with Crippen LogP contribution in [0.1, 0.15) is 35.3 Å². The molecule has 1 aliphatic rings. The molecular weight excluding hydrogens is 503 g/mol. The molecule has 0 radical (unpaired) electrons. The highest BCUT2D eigenvalue weighted by Crippen LogP contribution is 2.31. The molecule has 1 aliphatic heterocycles. The molecule has 0 atom stereocenters. The molecule has 0 spiro atoms. The number of hydrazine groups is 1. The van der Waals surface area contributed by atoms with Crippen molar-refractivity contribution < 1.29 is 9.53 Å². The maximum Gasteiger partial charge on any atom is 0.287 e. The smallest absolute Gasteiger partial charge is 0.287 e. The zero-order chi connectivity index (χ0) is 21.8. The lowest BCUT2D eigenvalue weighted by Gasteiger charge is -2.26. The number of amides is 1. The Balaban J connectivity index is 1.83. The monoisotopic (exact) mass is 525 g/mol. The third kappa shape index (κ3) is 4.43. The fraction of sp³-hybridized carbons (Fsp3) is 0.261. The predicted molar refractivity (Wildman–Crippen MR) is 126 cm³/mol. The molecular formula is C23H22IN5O2. The SMILES string of the molecule is COc1ccc(-c2c(C#N)c(C(=O)NN3CCCCC3)nn2-c2ccccc2[125I])cc1. The Morgan fingerprint density at radius 3 is 2.48 bits per heavy atom. The number of nitriles is 1. The van der Waals surface area contributed by atoms with Crippen molar-refractivity contribution in [3.63, 3.8) is 0 Å². The van der Waals surface area contributed by atoms with E-state index in [2.05, 4.69) is 39.2 Å². The third-order valence-corrected chi connectivity index (χ3v) is 6.18. The molecule has 0 saturated carbocycles. The summed E-state index contributed by atoms with van der Waals surface area (Å²) in [5, 5.41) is 16.5. The van der Waals surface area contributed by atoms with E-state index >= 15 is 0 Å². The average Bonchev–Trinajstić information content (AvgIpc) is 3.19. The molecule has 1 amide bonds. The van der Waals surface area contributed by atoms with Gasteiger partial charge in [-0.1, -0.05) is 18.6 Å². The van der Waals surface area contributed by atoms with Crippen molar-refractivity contribution in [2.45, 2.75) is 19.3 Å². The van der Waals surface area contributed by atoms with Crippen LogP contribution in [0.25, 0.3) is 16.9 Å². The number of methoxy groups -OCH3 is 1. The fourth-order valence-corrected chi connectivity index (χ4v) is 4.31. The van der Waals surface area contributed by atoms with Crippen LogP contribution in [0.3, 0.4) is 0 Å². The van der Waals surface area contributed by atoms with Crippen LogP contribution in [0.5, 0.6) is 5.75 Å². The van der Waals surface area contributed by atoms with Crippen LogP contribution in [-0.2, 0) is 0 Å². The predicted octanol–water partition coefficient (Wildman–Crippen LogP) is 4.15. The molecule has 2 heterocycles. The zero-order valence-corrected chi connectivity index (χ0v) is 19.3. The number of ether oxygens (including phenoxy) is 1. The number of carbonyl (C=O) groups excluding carboxylic acids is 1. The molecule has 1 fully saturated rings. The first-order valence-corrected chi connectivity index (χ1v) is 11.2. The van der Waals surface area contributed by atoms with Gasteiger partial charge in [0.05, 0.1) is 18.5 Å². The molecule has 3 aromatic rings. The van der Waals surface area contributed by atoms with E-state index in [1.807, 2.05) is 53.5 Å². The molecule has 0 unspecified atom stereocenters. The second-order valence-electron chi connectivity index (χ2n) is 7.26. The van der Waals surface area contributed by atoms with Gasteiger partial charge in [0, 0.05) is 22.2 Å². The van der Waals surface area contributed by atoms with Gasteiger partial charge >= 0.3 is 0 Å². The summed E-state index contributed by atoms with van der Waals surface area (Å²) >= 11 is 2.23. The molecule has 1 N–H and O–H groups in total. The lowest BCUT2D eigenvalue weighted by molar-refractivity contribution is 0.0744. The summed E-state index contributed by atoms with van der Waals surface area (Å²) in [6, 6.07) is 17.4. The Labute approximate surface area is 194 Å². The van der Waals surface area contributed by atoms with E-state index in [1.54, 1.807) is 11.8 Å². The van der Waals surface area contributed by atoms with Gasteiger partial charge in [-0.05, 0) is 71.8 Å². The molecule has 31 heavy (non-hydrogen) atoms. The number of hydrogen-bond acceptors (Lipinski definition) is 5. The Morgan fingerprint density at radius 2 is 1.84 bits per heavy atom. The largest absolute Gasteiger partial charge is 0.497 e. The van der Waals surface area contributed by atoms with Gasteiger partial charge in [0.1, 0.15) is 17.4 Å². The van der Waals surface area contributed by atoms with Gasteiger partial charge in [-0.25, -0.2) is 9.69 Å². The van der Waals surface area contributed by atoms with Crippen molar-refractivity contribution in [1.29, 1.82) is 5.26 Å². The summed E-state index contributed by atoms with van der Waals surface area (Å²) in [5.74, 6) is 0.351. The van der Waals surface area contributed by atoms with Crippen molar-refractivity contribution in [3.8, 4) is 28.8 Å². The van der Waals surface area contributed by atoms with E-state index in [4.69, 9.17) is 4.74 Å². The second-order valence-corrected chi connectivity index (χ2v) is 8.43. The number of nitrogens with zero attached hydrogens (tertiary/aromatic N) is 4. The van der Waals surface area contributed by atoms with Gasteiger partial charge in [-0.15, -0.1) is 0 Å². The average molecular weight is 525 g/mol. The normalized spacial score (nSPS) is 14.1. The number of nitrogens with one attached hydrogen (secondary N) is 1. The molecule has 1 aromatic heterocycles. The maximum atomic E-state index is 13.1. The minimum absolute atomic E-state index is 0.124. The number of halogens is 1. The number of benzene rings is 2. The number of carbonyl (C=O) groups is 1. The van der Waals surface area contributed by atoms with Crippen LogP contribution < -0.4 is 10.2 Å². The van der Waals surface area contributed by atoms with Crippen LogP contribution in [0.4, 0.5) is 0 Å².